The van der Waals surface area contributed by atoms with Crippen molar-refractivity contribution in [2.24, 2.45) is 0 Å². The summed E-state index contributed by atoms with van der Waals surface area (Å²) in [6.45, 7) is 5.84. The van der Waals surface area contributed by atoms with Crippen LogP contribution in [0.3, 0.4) is 0 Å². The Morgan fingerprint density at radius 1 is 1.33 bits per heavy atom. The Morgan fingerprint density at radius 2 is 1.92 bits per heavy atom. The zero-order valence-electron chi connectivity index (χ0n) is 7.36. The van der Waals surface area contributed by atoms with E-state index in [1.165, 1.54) is 12.1 Å². The Labute approximate surface area is 76.6 Å². The summed E-state index contributed by atoms with van der Waals surface area (Å²) in [6.07, 6.45) is 0. The van der Waals surface area contributed by atoms with Crippen LogP contribution in [0.1, 0.15) is 26.5 Å². The number of pyridine rings is 1. The van der Waals surface area contributed by atoms with Crippen LogP contribution in [0.15, 0.2) is 12.1 Å². The van der Waals surface area contributed by atoms with Crippen LogP contribution in [0, 0.1) is 5.95 Å². The van der Waals surface area contributed by atoms with Gasteiger partial charge in [-0.05, 0) is 12.1 Å². The van der Waals surface area contributed by atoms with Gasteiger partial charge in [-0.1, -0.05) is 32.4 Å². The fourth-order valence-corrected chi connectivity index (χ4v) is 1.33. The molecule has 0 radical (unpaired) electrons. The Morgan fingerprint density at radius 3 is 2.33 bits per heavy atom. The van der Waals surface area contributed by atoms with Gasteiger partial charge in [-0.2, -0.15) is 4.39 Å². The number of rotatable bonds is 0. The Kier molecular flexibility index (Phi) is 2.38. The van der Waals surface area contributed by atoms with E-state index in [1.54, 1.807) is 0 Å². The molecule has 66 valence electrons. The van der Waals surface area contributed by atoms with Gasteiger partial charge in [0.05, 0.1) is 10.7 Å². The molecule has 1 heterocycles. The second-order valence-electron chi connectivity index (χ2n) is 3.71. The van der Waals surface area contributed by atoms with Crippen molar-refractivity contribution in [3.05, 3.63) is 28.8 Å². The fourth-order valence-electron chi connectivity index (χ4n) is 0.944. The lowest BCUT2D eigenvalue weighted by Crippen LogP contribution is -2.14. The lowest BCUT2D eigenvalue weighted by molar-refractivity contribution is 0.523. The summed E-state index contributed by atoms with van der Waals surface area (Å²) in [5.74, 6) is -0.482. The van der Waals surface area contributed by atoms with Crippen molar-refractivity contribution >= 4 is 11.6 Å². The first-order valence-electron chi connectivity index (χ1n) is 3.74. The minimum Gasteiger partial charge on any atom is -0.223 e. The number of nitrogens with zero attached hydrogens (tertiary/aromatic N) is 1. The molecule has 0 amide bonds. The first kappa shape index (κ1) is 9.46. The van der Waals surface area contributed by atoms with E-state index in [4.69, 9.17) is 11.6 Å². The van der Waals surface area contributed by atoms with Gasteiger partial charge in [0, 0.05) is 5.41 Å². The highest BCUT2D eigenvalue weighted by Crippen LogP contribution is 2.27. The predicted molar refractivity (Wildman–Crippen MR) is 47.9 cm³/mol. The van der Waals surface area contributed by atoms with Crippen molar-refractivity contribution in [1.29, 1.82) is 0 Å². The normalized spacial score (nSPS) is 11.8. The van der Waals surface area contributed by atoms with Gasteiger partial charge in [0.25, 0.3) is 0 Å². The monoisotopic (exact) mass is 187 g/mol. The summed E-state index contributed by atoms with van der Waals surface area (Å²) >= 11 is 5.85. The second-order valence-corrected chi connectivity index (χ2v) is 4.12. The fraction of sp³-hybridized carbons (Fsp3) is 0.444. The molecule has 0 aliphatic rings. The van der Waals surface area contributed by atoms with Gasteiger partial charge < -0.3 is 0 Å². The van der Waals surface area contributed by atoms with Crippen LogP contribution >= 0.6 is 11.6 Å². The van der Waals surface area contributed by atoms with Gasteiger partial charge in [-0.25, -0.2) is 4.98 Å². The summed E-state index contributed by atoms with van der Waals surface area (Å²) in [7, 11) is 0. The van der Waals surface area contributed by atoms with E-state index in [0.29, 0.717) is 10.7 Å². The number of aromatic nitrogens is 1. The van der Waals surface area contributed by atoms with Gasteiger partial charge in [0.1, 0.15) is 0 Å². The SMILES string of the molecule is CC(C)(C)c1nc(F)ccc1Cl. The van der Waals surface area contributed by atoms with Crippen molar-refractivity contribution < 1.29 is 4.39 Å². The van der Waals surface area contributed by atoms with E-state index in [9.17, 15) is 4.39 Å². The molecule has 0 N–H and O–H groups in total. The third-order valence-corrected chi connectivity index (χ3v) is 1.83. The highest BCUT2D eigenvalue weighted by molar-refractivity contribution is 6.31. The molecule has 1 nitrogen and oxygen atoms in total. The lowest BCUT2D eigenvalue weighted by atomic mass is 9.92. The molecule has 0 saturated heterocycles. The van der Waals surface area contributed by atoms with E-state index in [-0.39, 0.29) is 5.41 Å². The van der Waals surface area contributed by atoms with E-state index >= 15 is 0 Å². The molecule has 0 aromatic carbocycles. The number of hydrogen-bond donors (Lipinski definition) is 0. The largest absolute Gasteiger partial charge is 0.223 e. The maximum absolute atomic E-state index is 12.7. The second kappa shape index (κ2) is 3.02. The molecule has 0 saturated carbocycles. The third kappa shape index (κ3) is 1.95. The Hall–Kier alpha value is -0.630. The molecular formula is C9H11ClFN. The molecule has 0 aliphatic heterocycles. The molecular weight excluding hydrogens is 177 g/mol. The summed E-state index contributed by atoms with van der Waals surface area (Å²) in [5, 5.41) is 0.518. The van der Waals surface area contributed by atoms with Crippen molar-refractivity contribution in [2.75, 3.05) is 0 Å². The molecule has 1 rings (SSSR count). The smallest absolute Gasteiger partial charge is 0.213 e. The van der Waals surface area contributed by atoms with Gasteiger partial charge in [-0.15, -0.1) is 0 Å². The molecule has 0 spiro atoms. The zero-order chi connectivity index (χ0) is 9.35. The van der Waals surface area contributed by atoms with Crippen LogP contribution in [-0.4, -0.2) is 4.98 Å². The molecule has 0 unspecified atom stereocenters. The minimum atomic E-state index is -0.482. The first-order chi connectivity index (χ1) is 5.41. The van der Waals surface area contributed by atoms with Crippen molar-refractivity contribution in [3.8, 4) is 0 Å². The van der Waals surface area contributed by atoms with Crippen LogP contribution in [0.5, 0.6) is 0 Å². The van der Waals surface area contributed by atoms with Crippen LogP contribution in [0.25, 0.3) is 0 Å². The average molecular weight is 188 g/mol. The zero-order valence-corrected chi connectivity index (χ0v) is 8.11. The van der Waals surface area contributed by atoms with Gasteiger partial charge in [-0.3, -0.25) is 0 Å². The van der Waals surface area contributed by atoms with E-state index < -0.39 is 5.95 Å². The molecule has 1 aromatic heterocycles. The van der Waals surface area contributed by atoms with Crippen LogP contribution in [0.4, 0.5) is 4.39 Å². The van der Waals surface area contributed by atoms with E-state index in [2.05, 4.69) is 4.98 Å². The standard InChI is InChI=1S/C9H11ClFN/c1-9(2,3)8-6(10)4-5-7(11)12-8/h4-5H,1-3H3. The molecule has 1 aromatic rings. The molecule has 0 aliphatic carbocycles. The first-order valence-corrected chi connectivity index (χ1v) is 4.11. The number of hydrogen-bond acceptors (Lipinski definition) is 1. The van der Waals surface area contributed by atoms with Crippen LogP contribution in [0.2, 0.25) is 5.02 Å². The molecule has 0 atom stereocenters. The summed E-state index contributed by atoms with van der Waals surface area (Å²) in [4.78, 5) is 3.75. The molecule has 3 heteroatoms. The van der Waals surface area contributed by atoms with Gasteiger partial charge in [0.2, 0.25) is 5.95 Å². The lowest BCUT2D eigenvalue weighted by Gasteiger charge is -2.18. The quantitative estimate of drug-likeness (QED) is 0.569. The van der Waals surface area contributed by atoms with Crippen molar-refractivity contribution in [1.82, 2.24) is 4.98 Å². The van der Waals surface area contributed by atoms with Crippen molar-refractivity contribution in [3.63, 3.8) is 0 Å². The molecule has 0 fully saturated rings. The maximum Gasteiger partial charge on any atom is 0.213 e. The van der Waals surface area contributed by atoms with Crippen LogP contribution < -0.4 is 0 Å². The third-order valence-electron chi connectivity index (χ3n) is 1.52. The number of halogens is 2. The van der Waals surface area contributed by atoms with Crippen LogP contribution in [-0.2, 0) is 5.41 Å². The average Bonchev–Trinajstić information content (AvgIpc) is 1.92. The summed E-state index contributed by atoms with van der Waals surface area (Å²) in [5.41, 5.74) is 0.392. The predicted octanol–water partition coefficient (Wildman–Crippen LogP) is 3.17. The highest BCUT2D eigenvalue weighted by Gasteiger charge is 2.19. The summed E-state index contributed by atoms with van der Waals surface area (Å²) in [6, 6.07) is 2.79. The minimum absolute atomic E-state index is 0.209. The summed E-state index contributed by atoms with van der Waals surface area (Å²) < 4.78 is 12.7. The van der Waals surface area contributed by atoms with E-state index in [1.807, 2.05) is 20.8 Å². The van der Waals surface area contributed by atoms with E-state index in [0.717, 1.165) is 0 Å². The maximum atomic E-state index is 12.7. The Bertz CT molecular complexity index is 291. The van der Waals surface area contributed by atoms with Crippen molar-refractivity contribution in [2.45, 2.75) is 26.2 Å². The topological polar surface area (TPSA) is 12.9 Å². The van der Waals surface area contributed by atoms with Gasteiger partial charge >= 0.3 is 0 Å². The Balaban J connectivity index is 3.23. The highest BCUT2D eigenvalue weighted by atomic mass is 35.5. The molecule has 0 bridgehead atoms. The van der Waals surface area contributed by atoms with Gasteiger partial charge in [0.15, 0.2) is 0 Å². The molecule has 12 heavy (non-hydrogen) atoms.